The van der Waals surface area contributed by atoms with Gasteiger partial charge in [0.1, 0.15) is 0 Å². The minimum Gasteiger partial charge on any atom is -0.333 e. The van der Waals surface area contributed by atoms with E-state index in [1.807, 2.05) is 47.5 Å². The van der Waals surface area contributed by atoms with Crippen LogP contribution in [0.1, 0.15) is 23.6 Å². The van der Waals surface area contributed by atoms with Crippen LogP contribution in [0.25, 0.3) is 0 Å². The second kappa shape index (κ2) is 7.57. The summed E-state index contributed by atoms with van der Waals surface area (Å²) in [6.07, 6.45) is 4.85. The zero-order chi connectivity index (χ0) is 16.1. The molecule has 23 heavy (non-hydrogen) atoms. The van der Waals surface area contributed by atoms with Gasteiger partial charge in [0.25, 0.3) is 0 Å². The van der Waals surface area contributed by atoms with Crippen LogP contribution in [0.5, 0.6) is 0 Å². The summed E-state index contributed by atoms with van der Waals surface area (Å²) in [5.41, 5.74) is 2.22. The van der Waals surface area contributed by atoms with Gasteiger partial charge in [-0.25, -0.2) is 0 Å². The Hall–Kier alpha value is -1.91. The molecule has 0 saturated carbocycles. The third-order valence-electron chi connectivity index (χ3n) is 4.17. The fourth-order valence-electron chi connectivity index (χ4n) is 2.92. The first-order valence-electron chi connectivity index (χ1n) is 7.88. The summed E-state index contributed by atoms with van der Waals surface area (Å²) in [5, 5.41) is 4.08. The van der Waals surface area contributed by atoms with Gasteiger partial charge < -0.3 is 10.2 Å². The Kier molecular flexibility index (Phi) is 5.26. The van der Waals surface area contributed by atoms with Crippen LogP contribution in [-0.4, -0.2) is 35.4 Å². The van der Waals surface area contributed by atoms with Crippen LogP contribution in [0.4, 0.5) is 0 Å². The molecule has 1 aliphatic rings. The highest BCUT2D eigenvalue weighted by Gasteiger charge is 2.27. The van der Waals surface area contributed by atoms with Crippen molar-refractivity contribution >= 4 is 17.5 Å². The van der Waals surface area contributed by atoms with Gasteiger partial charge in [-0.15, -0.1) is 0 Å². The molecule has 1 saturated heterocycles. The normalized spacial score (nSPS) is 18.0. The summed E-state index contributed by atoms with van der Waals surface area (Å²) in [4.78, 5) is 18.8. The van der Waals surface area contributed by atoms with Gasteiger partial charge >= 0.3 is 0 Å². The van der Waals surface area contributed by atoms with E-state index in [-0.39, 0.29) is 11.9 Å². The van der Waals surface area contributed by atoms with Crippen molar-refractivity contribution in [2.75, 3.05) is 19.6 Å². The number of carbonyl (C=O) groups excluding carboxylic acids is 1. The summed E-state index contributed by atoms with van der Waals surface area (Å²) in [6, 6.07) is 11.7. The Morgan fingerprint density at radius 2 is 2.13 bits per heavy atom. The van der Waals surface area contributed by atoms with Crippen LogP contribution in [0, 0.1) is 0 Å². The smallest absolute Gasteiger partial charge is 0.223 e. The average molecular weight is 330 g/mol. The first-order valence-corrected chi connectivity index (χ1v) is 8.26. The molecule has 1 aromatic heterocycles. The number of aryl methyl sites for hydroxylation is 1. The first-order chi connectivity index (χ1) is 11.2. The van der Waals surface area contributed by atoms with Crippen LogP contribution in [0.2, 0.25) is 5.02 Å². The fourth-order valence-corrected chi connectivity index (χ4v) is 3.05. The fraction of sp³-hybridized carbons (Fsp3) is 0.333. The maximum atomic E-state index is 12.7. The Morgan fingerprint density at radius 1 is 1.30 bits per heavy atom. The van der Waals surface area contributed by atoms with Gasteiger partial charge in [-0.2, -0.15) is 0 Å². The lowest BCUT2D eigenvalue weighted by molar-refractivity contribution is -0.134. The van der Waals surface area contributed by atoms with Gasteiger partial charge in [0.2, 0.25) is 5.91 Å². The van der Waals surface area contributed by atoms with Gasteiger partial charge in [0.05, 0.1) is 6.04 Å². The molecular weight excluding hydrogens is 310 g/mol. The summed E-state index contributed by atoms with van der Waals surface area (Å²) >= 11 is 5.90. The molecule has 3 rings (SSSR count). The largest absolute Gasteiger partial charge is 0.333 e. The number of rotatable bonds is 4. The number of hydrogen-bond acceptors (Lipinski definition) is 3. The van der Waals surface area contributed by atoms with Crippen molar-refractivity contribution in [1.29, 1.82) is 0 Å². The number of amides is 1. The van der Waals surface area contributed by atoms with Crippen LogP contribution < -0.4 is 5.32 Å². The molecule has 0 bridgehead atoms. The number of aromatic nitrogens is 1. The summed E-state index contributed by atoms with van der Waals surface area (Å²) in [5.74, 6) is 0.190. The van der Waals surface area contributed by atoms with E-state index < -0.39 is 0 Å². The van der Waals surface area contributed by atoms with Crippen LogP contribution in [0.3, 0.4) is 0 Å². The van der Waals surface area contributed by atoms with Crippen LogP contribution >= 0.6 is 11.6 Å². The summed E-state index contributed by atoms with van der Waals surface area (Å²) in [7, 11) is 0. The highest BCUT2D eigenvalue weighted by Crippen LogP contribution is 2.22. The van der Waals surface area contributed by atoms with Gasteiger partial charge in [0.15, 0.2) is 0 Å². The number of benzene rings is 1. The first kappa shape index (κ1) is 16.0. The molecule has 1 unspecified atom stereocenters. The third kappa shape index (κ3) is 4.09. The van der Waals surface area contributed by atoms with E-state index in [9.17, 15) is 4.79 Å². The molecule has 1 amide bonds. The number of hydrogen-bond donors (Lipinski definition) is 1. The van der Waals surface area contributed by atoms with E-state index in [4.69, 9.17) is 11.6 Å². The highest BCUT2D eigenvalue weighted by molar-refractivity contribution is 6.30. The minimum atomic E-state index is 0.0650. The molecule has 2 aromatic rings. The molecule has 1 aromatic carbocycles. The van der Waals surface area contributed by atoms with Gasteiger partial charge in [-0.3, -0.25) is 9.78 Å². The van der Waals surface area contributed by atoms with E-state index >= 15 is 0 Å². The van der Waals surface area contributed by atoms with E-state index in [0.29, 0.717) is 6.42 Å². The van der Waals surface area contributed by atoms with Crippen molar-refractivity contribution in [2.24, 2.45) is 0 Å². The van der Waals surface area contributed by atoms with Crippen molar-refractivity contribution in [1.82, 2.24) is 15.2 Å². The molecule has 4 nitrogen and oxygen atoms in total. The maximum Gasteiger partial charge on any atom is 0.223 e. The topological polar surface area (TPSA) is 45.2 Å². The van der Waals surface area contributed by atoms with Gasteiger partial charge in [-0.05, 0) is 35.7 Å². The monoisotopic (exact) mass is 329 g/mol. The molecule has 120 valence electrons. The lowest BCUT2D eigenvalue weighted by atomic mass is 10.0. The number of pyridine rings is 1. The minimum absolute atomic E-state index is 0.0650. The van der Waals surface area contributed by atoms with E-state index in [1.165, 1.54) is 0 Å². The lowest BCUT2D eigenvalue weighted by Gasteiger charge is -2.36. The number of halogens is 1. The van der Waals surface area contributed by atoms with E-state index in [1.54, 1.807) is 6.20 Å². The second-order valence-electron chi connectivity index (χ2n) is 5.72. The zero-order valence-electron chi connectivity index (χ0n) is 12.9. The van der Waals surface area contributed by atoms with Crippen LogP contribution in [0.15, 0.2) is 48.8 Å². The molecule has 0 aliphatic carbocycles. The Balaban J connectivity index is 1.65. The SMILES string of the molecule is O=C(CCc1ccc(Cl)cc1)N1CCNCC1c1cccnc1. The molecule has 5 heteroatoms. The zero-order valence-corrected chi connectivity index (χ0v) is 13.7. The Morgan fingerprint density at radius 3 is 2.87 bits per heavy atom. The number of nitrogens with one attached hydrogen (secondary N) is 1. The molecule has 1 N–H and O–H groups in total. The molecule has 1 aliphatic heterocycles. The standard InChI is InChI=1S/C18H20ClN3O/c19-16-6-3-14(4-7-16)5-8-18(23)22-11-10-21-13-17(22)15-2-1-9-20-12-15/h1-4,6-7,9,12,17,21H,5,8,10-11,13H2. The molecule has 0 spiro atoms. The quantitative estimate of drug-likeness (QED) is 0.938. The van der Waals surface area contributed by atoms with Gasteiger partial charge in [0, 0.05) is 43.5 Å². The maximum absolute atomic E-state index is 12.7. The molecular formula is C18H20ClN3O. The van der Waals surface area contributed by atoms with Crippen molar-refractivity contribution in [2.45, 2.75) is 18.9 Å². The molecule has 2 heterocycles. The Labute approximate surface area is 141 Å². The number of nitrogens with zero attached hydrogens (tertiary/aromatic N) is 2. The molecule has 1 atom stereocenters. The number of piperazine rings is 1. The van der Waals surface area contributed by atoms with Crippen molar-refractivity contribution < 1.29 is 4.79 Å². The predicted molar refractivity (Wildman–Crippen MR) is 91.3 cm³/mol. The molecule has 1 fully saturated rings. The van der Waals surface area contributed by atoms with E-state index in [2.05, 4.69) is 10.3 Å². The summed E-state index contributed by atoms with van der Waals surface area (Å²) < 4.78 is 0. The predicted octanol–water partition coefficient (Wildman–Crippen LogP) is 2.84. The third-order valence-corrected chi connectivity index (χ3v) is 4.43. The number of carbonyl (C=O) groups is 1. The van der Waals surface area contributed by atoms with Crippen molar-refractivity contribution in [3.8, 4) is 0 Å². The molecule has 0 radical (unpaired) electrons. The summed E-state index contributed by atoms with van der Waals surface area (Å²) in [6.45, 7) is 2.35. The average Bonchev–Trinajstić information content (AvgIpc) is 2.62. The second-order valence-corrected chi connectivity index (χ2v) is 6.16. The van der Waals surface area contributed by atoms with Gasteiger partial charge in [-0.1, -0.05) is 29.8 Å². The van der Waals surface area contributed by atoms with Crippen molar-refractivity contribution in [3.63, 3.8) is 0 Å². The van der Waals surface area contributed by atoms with Crippen LogP contribution in [-0.2, 0) is 11.2 Å². The van der Waals surface area contributed by atoms with E-state index in [0.717, 1.165) is 42.2 Å². The lowest BCUT2D eigenvalue weighted by Crippen LogP contribution is -2.48. The van der Waals surface area contributed by atoms with Crippen molar-refractivity contribution in [3.05, 3.63) is 64.9 Å². The Bertz CT molecular complexity index is 645. The highest BCUT2D eigenvalue weighted by atomic mass is 35.5.